The largest absolute Gasteiger partial charge is 0.493 e. The average molecular weight is 367 g/mol. The number of rotatable bonds is 9. The highest BCUT2D eigenvalue weighted by atomic mass is 16.6. The number of nitrogens with zero attached hydrogens (tertiary/aromatic N) is 1. The van der Waals surface area contributed by atoms with Gasteiger partial charge in [0.2, 0.25) is 0 Å². The molecule has 2 aromatic carbocycles. The molecule has 140 valence electrons. The maximum absolute atomic E-state index is 11.8. The minimum atomic E-state index is -0.466. The standard InChI is InChI=1S/C21H21NO5/c1-16-4-3-5-18(14-16)25-12-13-27-21(23)9-7-17-6-8-19(26-11-10-22)20(15-17)24-2/h3-9,14-15H,11-13H2,1-2H3/b9-7+. The van der Waals surface area contributed by atoms with Crippen molar-refractivity contribution in [3.05, 3.63) is 59.7 Å². The molecule has 2 rings (SSSR count). The van der Waals surface area contributed by atoms with Gasteiger partial charge in [-0.25, -0.2) is 4.79 Å². The number of aryl methyl sites for hydroxylation is 1. The first-order valence-corrected chi connectivity index (χ1v) is 8.34. The molecule has 0 radical (unpaired) electrons. The van der Waals surface area contributed by atoms with Crippen LogP contribution in [-0.2, 0) is 9.53 Å². The van der Waals surface area contributed by atoms with E-state index in [9.17, 15) is 4.79 Å². The lowest BCUT2D eigenvalue weighted by molar-refractivity contribution is -0.138. The summed E-state index contributed by atoms with van der Waals surface area (Å²) in [5.74, 6) is 1.22. The van der Waals surface area contributed by atoms with E-state index in [-0.39, 0.29) is 19.8 Å². The summed E-state index contributed by atoms with van der Waals surface area (Å²) in [6.07, 6.45) is 2.94. The number of hydrogen-bond donors (Lipinski definition) is 0. The van der Waals surface area contributed by atoms with Crippen LogP contribution >= 0.6 is 0 Å². The minimum Gasteiger partial charge on any atom is -0.493 e. The second kappa shape index (κ2) is 10.5. The van der Waals surface area contributed by atoms with Crippen molar-refractivity contribution in [1.82, 2.24) is 0 Å². The number of benzene rings is 2. The number of nitriles is 1. The summed E-state index contributed by atoms with van der Waals surface area (Å²) >= 11 is 0. The molecule has 0 amide bonds. The molecule has 0 N–H and O–H groups in total. The molecule has 0 saturated heterocycles. The van der Waals surface area contributed by atoms with Crippen molar-refractivity contribution < 1.29 is 23.7 Å². The lowest BCUT2D eigenvalue weighted by Gasteiger charge is -2.09. The molecule has 0 fully saturated rings. The summed E-state index contributed by atoms with van der Waals surface area (Å²) in [5, 5.41) is 8.57. The summed E-state index contributed by atoms with van der Waals surface area (Å²) in [5.41, 5.74) is 1.84. The van der Waals surface area contributed by atoms with Crippen LogP contribution in [0, 0.1) is 18.3 Å². The number of hydrogen-bond acceptors (Lipinski definition) is 6. The van der Waals surface area contributed by atoms with Crippen LogP contribution < -0.4 is 14.2 Å². The van der Waals surface area contributed by atoms with Crippen LogP contribution in [0.5, 0.6) is 17.2 Å². The number of esters is 1. The summed E-state index contributed by atoms with van der Waals surface area (Å²) in [4.78, 5) is 11.8. The fourth-order valence-corrected chi connectivity index (χ4v) is 2.24. The first kappa shape index (κ1) is 19.9. The van der Waals surface area contributed by atoms with E-state index in [1.165, 1.54) is 13.2 Å². The predicted molar refractivity (Wildman–Crippen MR) is 101 cm³/mol. The molecule has 0 heterocycles. The van der Waals surface area contributed by atoms with Crippen molar-refractivity contribution in [2.24, 2.45) is 0 Å². The molecule has 0 saturated carbocycles. The van der Waals surface area contributed by atoms with Crippen molar-refractivity contribution in [2.75, 3.05) is 26.9 Å². The van der Waals surface area contributed by atoms with Crippen LogP contribution in [0.15, 0.2) is 48.5 Å². The summed E-state index contributed by atoms with van der Waals surface area (Å²) in [6.45, 7) is 2.35. The van der Waals surface area contributed by atoms with Crippen molar-refractivity contribution in [3.8, 4) is 23.3 Å². The van der Waals surface area contributed by atoms with Crippen LogP contribution in [0.1, 0.15) is 11.1 Å². The third kappa shape index (κ3) is 6.75. The fourth-order valence-electron chi connectivity index (χ4n) is 2.24. The highest BCUT2D eigenvalue weighted by Gasteiger charge is 2.05. The van der Waals surface area contributed by atoms with Gasteiger partial charge < -0.3 is 18.9 Å². The van der Waals surface area contributed by atoms with Gasteiger partial charge >= 0.3 is 5.97 Å². The van der Waals surface area contributed by atoms with E-state index in [4.69, 9.17) is 24.2 Å². The van der Waals surface area contributed by atoms with Crippen molar-refractivity contribution in [3.63, 3.8) is 0 Å². The molecule has 0 aliphatic carbocycles. The van der Waals surface area contributed by atoms with Gasteiger partial charge in [0.25, 0.3) is 0 Å². The zero-order valence-electron chi connectivity index (χ0n) is 15.3. The number of carbonyl (C=O) groups excluding carboxylic acids is 1. The molecule has 0 aromatic heterocycles. The van der Waals surface area contributed by atoms with Gasteiger partial charge in [-0.3, -0.25) is 0 Å². The number of methoxy groups -OCH3 is 1. The van der Waals surface area contributed by atoms with Crippen molar-refractivity contribution >= 4 is 12.0 Å². The van der Waals surface area contributed by atoms with Gasteiger partial charge in [-0.2, -0.15) is 5.26 Å². The smallest absolute Gasteiger partial charge is 0.330 e. The van der Waals surface area contributed by atoms with Gasteiger partial charge in [0, 0.05) is 6.08 Å². The molecule has 0 aliphatic heterocycles. The molecule has 2 aromatic rings. The number of ether oxygens (including phenoxy) is 4. The van der Waals surface area contributed by atoms with E-state index >= 15 is 0 Å². The molecular weight excluding hydrogens is 346 g/mol. The maximum Gasteiger partial charge on any atom is 0.330 e. The van der Waals surface area contributed by atoms with Crippen molar-refractivity contribution in [1.29, 1.82) is 5.26 Å². The zero-order valence-corrected chi connectivity index (χ0v) is 15.3. The van der Waals surface area contributed by atoms with Gasteiger partial charge in [-0.15, -0.1) is 0 Å². The molecule has 0 unspecified atom stereocenters. The third-order valence-corrected chi connectivity index (χ3v) is 3.48. The Kier molecular flexibility index (Phi) is 7.73. The maximum atomic E-state index is 11.8. The Bertz CT molecular complexity index is 839. The van der Waals surface area contributed by atoms with E-state index in [0.29, 0.717) is 11.5 Å². The Morgan fingerprint density at radius 2 is 1.96 bits per heavy atom. The van der Waals surface area contributed by atoms with Gasteiger partial charge in [0.05, 0.1) is 7.11 Å². The average Bonchev–Trinajstić information content (AvgIpc) is 2.68. The lowest BCUT2D eigenvalue weighted by atomic mass is 10.2. The molecule has 0 atom stereocenters. The van der Waals surface area contributed by atoms with Gasteiger partial charge in [-0.1, -0.05) is 18.2 Å². The Labute approximate surface area is 158 Å². The quantitative estimate of drug-likeness (QED) is 0.383. The highest BCUT2D eigenvalue weighted by molar-refractivity contribution is 5.87. The first-order valence-electron chi connectivity index (χ1n) is 8.34. The Balaban J connectivity index is 1.81. The Hall–Kier alpha value is -3.46. The van der Waals surface area contributed by atoms with Gasteiger partial charge in [-0.05, 0) is 48.4 Å². The van der Waals surface area contributed by atoms with E-state index in [1.807, 2.05) is 37.3 Å². The predicted octanol–water partition coefficient (Wildman–Crippen LogP) is 3.54. The molecule has 6 heteroatoms. The molecule has 0 spiro atoms. The van der Waals surface area contributed by atoms with E-state index in [0.717, 1.165) is 16.9 Å². The third-order valence-electron chi connectivity index (χ3n) is 3.48. The Morgan fingerprint density at radius 1 is 1.11 bits per heavy atom. The van der Waals surface area contributed by atoms with Crippen LogP contribution in [0.25, 0.3) is 6.08 Å². The lowest BCUT2D eigenvalue weighted by Crippen LogP contribution is -2.10. The van der Waals surface area contributed by atoms with E-state index in [1.54, 1.807) is 24.3 Å². The molecule has 6 nitrogen and oxygen atoms in total. The van der Waals surface area contributed by atoms with Crippen LogP contribution in [-0.4, -0.2) is 32.9 Å². The number of carbonyl (C=O) groups is 1. The first-order chi connectivity index (χ1) is 13.1. The monoisotopic (exact) mass is 367 g/mol. The summed E-state index contributed by atoms with van der Waals surface area (Å²) in [7, 11) is 1.50. The molecule has 27 heavy (non-hydrogen) atoms. The summed E-state index contributed by atoms with van der Waals surface area (Å²) in [6, 6.07) is 14.7. The zero-order chi connectivity index (χ0) is 19.5. The van der Waals surface area contributed by atoms with Crippen molar-refractivity contribution in [2.45, 2.75) is 6.92 Å². The minimum absolute atomic E-state index is 0.0670. The normalized spacial score (nSPS) is 10.3. The molecular formula is C21H21NO5. The van der Waals surface area contributed by atoms with E-state index in [2.05, 4.69) is 0 Å². The fraction of sp³-hybridized carbons (Fsp3) is 0.238. The van der Waals surface area contributed by atoms with Gasteiger partial charge in [0.15, 0.2) is 18.1 Å². The second-order valence-electron chi connectivity index (χ2n) is 5.52. The highest BCUT2D eigenvalue weighted by Crippen LogP contribution is 2.28. The molecule has 0 bridgehead atoms. The summed E-state index contributed by atoms with van der Waals surface area (Å²) < 4.78 is 21.1. The topological polar surface area (TPSA) is 77.8 Å². The Morgan fingerprint density at radius 3 is 2.70 bits per heavy atom. The molecule has 0 aliphatic rings. The SMILES string of the molecule is COc1cc(/C=C/C(=O)OCCOc2cccc(C)c2)ccc1OCC#N. The second-order valence-corrected chi connectivity index (χ2v) is 5.52. The van der Waals surface area contributed by atoms with Crippen LogP contribution in [0.4, 0.5) is 0 Å². The van der Waals surface area contributed by atoms with Crippen LogP contribution in [0.2, 0.25) is 0 Å². The van der Waals surface area contributed by atoms with Gasteiger partial charge in [0.1, 0.15) is 25.0 Å². The van der Waals surface area contributed by atoms with Crippen LogP contribution in [0.3, 0.4) is 0 Å². The van der Waals surface area contributed by atoms with E-state index < -0.39 is 5.97 Å².